The van der Waals surface area contributed by atoms with Crippen molar-refractivity contribution in [3.05, 3.63) is 32.8 Å². The second-order valence-electron chi connectivity index (χ2n) is 5.40. The molecule has 1 atom stereocenters. The predicted molar refractivity (Wildman–Crippen MR) is 81.5 cm³/mol. The van der Waals surface area contributed by atoms with Crippen molar-refractivity contribution in [1.82, 2.24) is 4.90 Å². The molecule has 0 amide bonds. The Bertz CT molecular complexity index is 569. The molecule has 0 aromatic heterocycles. The molecule has 0 bridgehead atoms. The van der Waals surface area contributed by atoms with Crippen molar-refractivity contribution in [3.8, 4) is 5.75 Å². The molecule has 1 aliphatic heterocycles. The molecule has 1 fully saturated rings. The third-order valence-electron chi connectivity index (χ3n) is 3.76. The van der Waals surface area contributed by atoms with Gasteiger partial charge in [0.1, 0.15) is 12.4 Å². The Morgan fingerprint density at radius 1 is 1.43 bits per heavy atom. The molecule has 0 radical (unpaired) electrons. The highest BCUT2D eigenvalue weighted by Gasteiger charge is 2.41. The number of nitrogens with zero attached hydrogens (tertiary/aromatic N) is 2. The molecular formula is C14H16BrF3N2O3. The number of likely N-dealkylation sites (tertiary alicyclic amines) is 1. The first-order valence-corrected chi connectivity index (χ1v) is 7.92. The number of alkyl halides is 3. The van der Waals surface area contributed by atoms with Crippen LogP contribution in [-0.2, 0) is 0 Å². The second kappa shape index (κ2) is 7.48. The minimum absolute atomic E-state index is 0.00566. The average molecular weight is 397 g/mol. The zero-order chi connectivity index (χ0) is 17.0. The maximum absolute atomic E-state index is 12.7. The first-order valence-electron chi connectivity index (χ1n) is 7.13. The SMILES string of the molecule is O=[N+]([O-])c1ccc(OCCN2CCCC(C(F)(F)F)C2)c(Br)c1. The van der Waals surface area contributed by atoms with Crippen molar-refractivity contribution in [3.63, 3.8) is 0 Å². The van der Waals surface area contributed by atoms with Crippen LogP contribution in [0, 0.1) is 16.0 Å². The molecule has 9 heteroatoms. The number of nitro groups is 1. The van der Waals surface area contributed by atoms with Crippen LogP contribution in [0.4, 0.5) is 18.9 Å². The summed E-state index contributed by atoms with van der Waals surface area (Å²) in [5.74, 6) is -0.845. The number of hydrogen-bond acceptors (Lipinski definition) is 4. The zero-order valence-corrected chi connectivity index (χ0v) is 13.8. The minimum atomic E-state index is -4.15. The molecule has 1 unspecified atom stereocenters. The molecule has 1 aromatic rings. The summed E-state index contributed by atoms with van der Waals surface area (Å²) in [5.41, 5.74) is -0.0618. The molecule has 0 aliphatic carbocycles. The third kappa shape index (κ3) is 5.07. The Hall–Kier alpha value is -1.35. The quantitative estimate of drug-likeness (QED) is 0.557. The summed E-state index contributed by atoms with van der Waals surface area (Å²) in [6.07, 6.45) is -3.46. The van der Waals surface area contributed by atoms with E-state index in [2.05, 4.69) is 15.9 Å². The Balaban J connectivity index is 1.84. The molecule has 1 heterocycles. The van der Waals surface area contributed by atoms with Gasteiger partial charge in [-0.3, -0.25) is 15.0 Å². The smallest absolute Gasteiger partial charge is 0.393 e. The van der Waals surface area contributed by atoms with E-state index in [9.17, 15) is 23.3 Å². The first kappa shape index (κ1) is 18.0. The summed E-state index contributed by atoms with van der Waals surface area (Å²) in [7, 11) is 0. The number of non-ortho nitro benzene ring substituents is 1. The molecule has 2 rings (SSSR count). The first-order chi connectivity index (χ1) is 10.8. The standard InChI is InChI=1S/C14H16BrF3N2O3/c15-12-8-11(20(21)22)3-4-13(12)23-7-6-19-5-1-2-10(9-19)14(16,17)18/h3-4,8,10H,1-2,5-7,9H2. The van der Waals surface area contributed by atoms with Crippen LogP contribution in [0.3, 0.4) is 0 Å². The van der Waals surface area contributed by atoms with Gasteiger partial charge in [0.15, 0.2) is 0 Å². The van der Waals surface area contributed by atoms with Crippen molar-refractivity contribution in [2.75, 3.05) is 26.2 Å². The van der Waals surface area contributed by atoms with Crippen molar-refractivity contribution in [2.24, 2.45) is 5.92 Å². The number of benzene rings is 1. The van der Waals surface area contributed by atoms with Crippen LogP contribution in [0.1, 0.15) is 12.8 Å². The number of piperidine rings is 1. The number of nitro benzene ring substituents is 1. The molecule has 1 saturated heterocycles. The van der Waals surface area contributed by atoms with Gasteiger partial charge >= 0.3 is 6.18 Å². The van der Waals surface area contributed by atoms with E-state index in [0.29, 0.717) is 29.7 Å². The van der Waals surface area contributed by atoms with Gasteiger partial charge in [0, 0.05) is 25.2 Å². The van der Waals surface area contributed by atoms with Crippen molar-refractivity contribution in [1.29, 1.82) is 0 Å². The van der Waals surface area contributed by atoms with Crippen LogP contribution in [0.15, 0.2) is 22.7 Å². The van der Waals surface area contributed by atoms with Gasteiger partial charge < -0.3 is 4.74 Å². The highest BCUT2D eigenvalue weighted by Crippen LogP contribution is 2.33. The van der Waals surface area contributed by atoms with E-state index in [1.807, 2.05) is 0 Å². The van der Waals surface area contributed by atoms with Crippen molar-refractivity contribution in [2.45, 2.75) is 19.0 Å². The van der Waals surface area contributed by atoms with Crippen molar-refractivity contribution < 1.29 is 22.8 Å². The van der Waals surface area contributed by atoms with Crippen LogP contribution in [0.2, 0.25) is 0 Å². The lowest BCUT2D eigenvalue weighted by Crippen LogP contribution is -2.43. The van der Waals surface area contributed by atoms with Gasteiger partial charge in [-0.2, -0.15) is 13.2 Å². The molecule has 128 valence electrons. The molecule has 23 heavy (non-hydrogen) atoms. The van der Waals surface area contributed by atoms with Crippen molar-refractivity contribution >= 4 is 21.6 Å². The third-order valence-corrected chi connectivity index (χ3v) is 4.38. The van der Waals surface area contributed by atoms with Crippen LogP contribution in [0.25, 0.3) is 0 Å². The lowest BCUT2D eigenvalue weighted by molar-refractivity contribution is -0.385. The second-order valence-corrected chi connectivity index (χ2v) is 6.26. The number of ether oxygens (including phenoxy) is 1. The largest absolute Gasteiger partial charge is 0.491 e. The summed E-state index contributed by atoms with van der Waals surface area (Å²) in [6.45, 7) is 1.22. The molecule has 1 aromatic carbocycles. The Morgan fingerprint density at radius 3 is 2.78 bits per heavy atom. The maximum Gasteiger partial charge on any atom is 0.393 e. The summed E-state index contributed by atoms with van der Waals surface area (Å²) >= 11 is 3.19. The van der Waals surface area contributed by atoms with E-state index in [-0.39, 0.29) is 25.3 Å². The van der Waals surface area contributed by atoms with E-state index in [4.69, 9.17) is 4.74 Å². The summed E-state index contributed by atoms with van der Waals surface area (Å²) < 4.78 is 44.2. The highest BCUT2D eigenvalue weighted by atomic mass is 79.9. The monoisotopic (exact) mass is 396 g/mol. The van der Waals surface area contributed by atoms with E-state index < -0.39 is 17.0 Å². The average Bonchev–Trinajstić information content (AvgIpc) is 2.48. The topological polar surface area (TPSA) is 55.6 Å². The van der Waals surface area contributed by atoms with E-state index in [0.717, 1.165) is 0 Å². The molecule has 5 nitrogen and oxygen atoms in total. The fourth-order valence-corrected chi connectivity index (χ4v) is 3.01. The maximum atomic E-state index is 12.7. The van der Waals surface area contributed by atoms with Gasteiger partial charge in [-0.05, 0) is 41.4 Å². The van der Waals surface area contributed by atoms with Crippen LogP contribution >= 0.6 is 15.9 Å². The highest BCUT2D eigenvalue weighted by molar-refractivity contribution is 9.10. The van der Waals surface area contributed by atoms with Gasteiger partial charge in [-0.15, -0.1) is 0 Å². The van der Waals surface area contributed by atoms with Gasteiger partial charge in [-0.1, -0.05) is 0 Å². The normalized spacial score (nSPS) is 19.6. The van der Waals surface area contributed by atoms with Crippen LogP contribution < -0.4 is 4.74 Å². The van der Waals surface area contributed by atoms with Gasteiger partial charge in [0.2, 0.25) is 0 Å². The minimum Gasteiger partial charge on any atom is -0.491 e. The molecule has 0 spiro atoms. The fourth-order valence-electron chi connectivity index (χ4n) is 2.53. The lowest BCUT2D eigenvalue weighted by Gasteiger charge is -2.33. The number of halogens is 4. The summed E-state index contributed by atoms with van der Waals surface area (Å²) in [5, 5.41) is 10.6. The lowest BCUT2D eigenvalue weighted by atomic mass is 9.98. The van der Waals surface area contributed by atoms with Gasteiger partial charge in [0.05, 0.1) is 15.3 Å². The summed E-state index contributed by atoms with van der Waals surface area (Å²) in [4.78, 5) is 11.9. The molecular weight excluding hydrogens is 381 g/mol. The van der Waals surface area contributed by atoms with Gasteiger partial charge in [-0.25, -0.2) is 0 Å². The summed E-state index contributed by atoms with van der Waals surface area (Å²) in [6, 6.07) is 4.12. The fraction of sp³-hybridized carbons (Fsp3) is 0.571. The Labute approximate surface area is 139 Å². The van der Waals surface area contributed by atoms with E-state index >= 15 is 0 Å². The molecule has 0 N–H and O–H groups in total. The Kier molecular flexibility index (Phi) is 5.85. The van der Waals surface area contributed by atoms with Crippen LogP contribution in [-0.4, -0.2) is 42.2 Å². The molecule has 0 saturated carbocycles. The Morgan fingerprint density at radius 2 is 2.17 bits per heavy atom. The van der Waals surface area contributed by atoms with E-state index in [1.165, 1.54) is 18.2 Å². The molecule has 1 aliphatic rings. The number of hydrogen-bond donors (Lipinski definition) is 0. The zero-order valence-electron chi connectivity index (χ0n) is 12.2. The van der Waals surface area contributed by atoms with Gasteiger partial charge in [0.25, 0.3) is 5.69 Å². The van der Waals surface area contributed by atoms with E-state index in [1.54, 1.807) is 4.90 Å². The van der Waals surface area contributed by atoms with Crippen LogP contribution in [0.5, 0.6) is 5.75 Å². The number of rotatable bonds is 5. The predicted octanol–water partition coefficient (Wildman–Crippen LogP) is 4.01.